The highest BCUT2D eigenvalue weighted by molar-refractivity contribution is 7.99. The van der Waals surface area contributed by atoms with E-state index >= 15 is 0 Å². The van der Waals surface area contributed by atoms with E-state index in [4.69, 9.17) is 9.84 Å². The number of methoxy groups -OCH3 is 1. The maximum Gasteiger partial charge on any atom is 0.335 e. The second-order valence-corrected chi connectivity index (χ2v) is 5.07. The van der Waals surface area contributed by atoms with E-state index in [1.807, 2.05) is 11.8 Å². The summed E-state index contributed by atoms with van der Waals surface area (Å²) in [4.78, 5) is 10.9. The number of anilines is 1. The maximum atomic E-state index is 10.9. The van der Waals surface area contributed by atoms with Crippen LogP contribution in [-0.2, 0) is 0 Å². The lowest BCUT2D eigenvalue weighted by atomic mass is 10.1. The molecule has 0 aliphatic carbocycles. The lowest BCUT2D eigenvalue weighted by Gasteiger charge is -2.16. The maximum absolute atomic E-state index is 10.9. The molecule has 4 nitrogen and oxygen atoms in total. The first-order valence-electron chi connectivity index (χ1n) is 5.46. The van der Waals surface area contributed by atoms with Gasteiger partial charge in [-0.2, -0.15) is 11.8 Å². The molecule has 1 fully saturated rings. The van der Waals surface area contributed by atoms with Gasteiger partial charge in [0, 0.05) is 11.8 Å². The van der Waals surface area contributed by atoms with Gasteiger partial charge in [0.05, 0.1) is 18.4 Å². The number of thioether (sulfide) groups is 1. The van der Waals surface area contributed by atoms with Crippen molar-refractivity contribution < 1.29 is 14.6 Å². The zero-order chi connectivity index (χ0) is 12.3. The molecule has 1 unspecified atom stereocenters. The molecule has 1 aliphatic rings. The van der Waals surface area contributed by atoms with Gasteiger partial charge in [-0.3, -0.25) is 0 Å². The van der Waals surface area contributed by atoms with Crippen molar-refractivity contribution in [2.45, 2.75) is 12.5 Å². The average molecular weight is 253 g/mol. The highest BCUT2D eigenvalue weighted by Crippen LogP contribution is 2.29. The monoisotopic (exact) mass is 253 g/mol. The Morgan fingerprint density at radius 3 is 3.00 bits per heavy atom. The minimum absolute atomic E-state index is 0.277. The molecular weight excluding hydrogens is 238 g/mol. The molecule has 1 aromatic rings. The largest absolute Gasteiger partial charge is 0.495 e. The molecule has 92 valence electrons. The number of ether oxygens (including phenoxy) is 1. The smallest absolute Gasteiger partial charge is 0.335 e. The molecule has 0 radical (unpaired) electrons. The van der Waals surface area contributed by atoms with Gasteiger partial charge in [0.2, 0.25) is 0 Å². The van der Waals surface area contributed by atoms with Crippen LogP contribution in [-0.4, -0.2) is 35.7 Å². The summed E-state index contributed by atoms with van der Waals surface area (Å²) in [6, 6.07) is 5.27. The van der Waals surface area contributed by atoms with Crippen LogP contribution in [0.5, 0.6) is 5.75 Å². The highest BCUT2D eigenvalue weighted by atomic mass is 32.2. The van der Waals surface area contributed by atoms with Crippen LogP contribution in [0.25, 0.3) is 0 Å². The molecule has 17 heavy (non-hydrogen) atoms. The standard InChI is InChI=1S/C12H15NO3S/c1-16-11-3-2-8(12(14)15)6-10(11)13-9-4-5-17-7-9/h2-3,6,9,13H,4-5,7H2,1H3,(H,14,15). The summed E-state index contributed by atoms with van der Waals surface area (Å²) in [5.41, 5.74) is 1.04. The van der Waals surface area contributed by atoms with Gasteiger partial charge in [-0.25, -0.2) is 4.79 Å². The Balaban J connectivity index is 2.21. The Hall–Kier alpha value is -1.36. The van der Waals surface area contributed by atoms with Crippen molar-refractivity contribution >= 4 is 23.4 Å². The van der Waals surface area contributed by atoms with Crippen molar-refractivity contribution in [1.82, 2.24) is 0 Å². The summed E-state index contributed by atoms with van der Waals surface area (Å²) >= 11 is 1.91. The third kappa shape index (κ3) is 2.85. The molecule has 0 aromatic heterocycles. The van der Waals surface area contributed by atoms with Crippen molar-refractivity contribution in [3.05, 3.63) is 23.8 Å². The SMILES string of the molecule is COc1ccc(C(=O)O)cc1NC1CCSC1. The van der Waals surface area contributed by atoms with Crippen LogP contribution in [0.15, 0.2) is 18.2 Å². The Kier molecular flexibility index (Phi) is 3.78. The van der Waals surface area contributed by atoms with Gasteiger partial charge in [0.25, 0.3) is 0 Å². The van der Waals surface area contributed by atoms with Crippen molar-refractivity contribution in [3.63, 3.8) is 0 Å². The van der Waals surface area contributed by atoms with E-state index < -0.39 is 5.97 Å². The normalized spacial score (nSPS) is 19.0. The summed E-state index contributed by atoms with van der Waals surface area (Å²) in [6.07, 6.45) is 1.10. The molecule has 1 atom stereocenters. The Labute approximate surface area is 104 Å². The second kappa shape index (κ2) is 5.31. The van der Waals surface area contributed by atoms with E-state index in [0.717, 1.165) is 23.6 Å². The number of carboxylic acid groups (broad SMARTS) is 1. The summed E-state index contributed by atoms with van der Waals surface area (Å²) in [7, 11) is 1.59. The van der Waals surface area contributed by atoms with E-state index in [-0.39, 0.29) is 5.56 Å². The molecule has 2 N–H and O–H groups in total. The lowest BCUT2D eigenvalue weighted by Crippen LogP contribution is -2.18. The van der Waals surface area contributed by atoms with Crippen LogP contribution in [0.4, 0.5) is 5.69 Å². The molecule has 1 heterocycles. The molecular formula is C12H15NO3S. The molecule has 1 aromatic carbocycles. The minimum atomic E-state index is -0.920. The van der Waals surface area contributed by atoms with Crippen molar-refractivity contribution in [2.75, 3.05) is 23.9 Å². The van der Waals surface area contributed by atoms with E-state index in [1.54, 1.807) is 25.3 Å². The zero-order valence-electron chi connectivity index (χ0n) is 9.60. The van der Waals surface area contributed by atoms with Gasteiger partial charge in [0.15, 0.2) is 0 Å². The molecule has 1 aliphatic heterocycles. The van der Waals surface area contributed by atoms with Crippen LogP contribution in [0.3, 0.4) is 0 Å². The van der Waals surface area contributed by atoms with Gasteiger partial charge in [-0.05, 0) is 30.4 Å². The summed E-state index contributed by atoms with van der Waals surface area (Å²) in [5, 5.41) is 12.3. The average Bonchev–Trinajstić information content (AvgIpc) is 2.81. The molecule has 5 heteroatoms. The van der Waals surface area contributed by atoms with Gasteiger partial charge in [0.1, 0.15) is 5.75 Å². The van der Waals surface area contributed by atoms with Gasteiger partial charge in [-0.15, -0.1) is 0 Å². The number of carboxylic acids is 1. The van der Waals surface area contributed by atoms with E-state index in [9.17, 15) is 4.79 Å². The fraction of sp³-hybridized carbons (Fsp3) is 0.417. The third-order valence-electron chi connectivity index (χ3n) is 2.74. The van der Waals surface area contributed by atoms with E-state index in [2.05, 4.69) is 5.32 Å². The topological polar surface area (TPSA) is 58.6 Å². The third-order valence-corrected chi connectivity index (χ3v) is 3.90. The quantitative estimate of drug-likeness (QED) is 0.862. The predicted molar refractivity (Wildman–Crippen MR) is 69.3 cm³/mol. The van der Waals surface area contributed by atoms with Crippen LogP contribution >= 0.6 is 11.8 Å². The number of hydrogen-bond donors (Lipinski definition) is 2. The molecule has 0 bridgehead atoms. The summed E-state index contributed by atoms with van der Waals surface area (Å²) in [5.74, 6) is 1.97. The minimum Gasteiger partial charge on any atom is -0.495 e. The van der Waals surface area contributed by atoms with Gasteiger partial charge < -0.3 is 15.2 Å². The molecule has 0 amide bonds. The van der Waals surface area contributed by atoms with Gasteiger partial charge in [-0.1, -0.05) is 0 Å². The van der Waals surface area contributed by atoms with Crippen LogP contribution < -0.4 is 10.1 Å². The summed E-state index contributed by atoms with van der Waals surface area (Å²) in [6.45, 7) is 0. The Bertz CT molecular complexity index is 416. The van der Waals surface area contributed by atoms with Crippen molar-refractivity contribution in [1.29, 1.82) is 0 Å². The zero-order valence-corrected chi connectivity index (χ0v) is 10.4. The van der Waals surface area contributed by atoms with Gasteiger partial charge >= 0.3 is 5.97 Å². The number of rotatable bonds is 4. The van der Waals surface area contributed by atoms with Crippen molar-refractivity contribution in [2.24, 2.45) is 0 Å². The van der Waals surface area contributed by atoms with Crippen LogP contribution in [0, 0.1) is 0 Å². The van der Waals surface area contributed by atoms with Crippen molar-refractivity contribution in [3.8, 4) is 5.75 Å². The first-order valence-corrected chi connectivity index (χ1v) is 6.62. The predicted octanol–water partition coefficient (Wildman–Crippen LogP) is 2.31. The fourth-order valence-corrected chi connectivity index (χ4v) is 2.97. The number of benzene rings is 1. The molecule has 0 spiro atoms. The van der Waals surface area contributed by atoms with E-state index in [0.29, 0.717) is 11.8 Å². The first-order chi connectivity index (χ1) is 8.20. The van der Waals surface area contributed by atoms with E-state index in [1.165, 1.54) is 0 Å². The number of carbonyl (C=O) groups is 1. The Morgan fingerprint density at radius 2 is 2.41 bits per heavy atom. The molecule has 0 saturated carbocycles. The number of nitrogens with one attached hydrogen (secondary N) is 1. The molecule has 1 saturated heterocycles. The highest BCUT2D eigenvalue weighted by Gasteiger charge is 2.17. The second-order valence-electron chi connectivity index (χ2n) is 3.93. The first kappa shape index (κ1) is 12.1. The molecule has 2 rings (SSSR count). The number of aromatic carboxylic acids is 1. The Morgan fingerprint density at radius 1 is 1.59 bits per heavy atom. The van der Waals surface area contributed by atoms with Crippen LogP contribution in [0.2, 0.25) is 0 Å². The lowest BCUT2D eigenvalue weighted by molar-refractivity contribution is 0.0697. The summed E-state index contributed by atoms with van der Waals surface area (Å²) < 4.78 is 5.23. The van der Waals surface area contributed by atoms with Crippen LogP contribution in [0.1, 0.15) is 16.8 Å². The fourth-order valence-electron chi connectivity index (χ4n) is 1.82. The number of hydrogen-bond acceptors (Lipinski definition) is 4.